The van der Waals surface area contributed by atoms with Gasteiger partial charge in [-0.3, -0.25) is 14.9 Å². The third-order valence-corrected chi connectivity index (χ3v) is 7.51. The van der Waals surface area contributed by atoms with E-state index in [0.717, 1.165) is 16.5 Å². The Morgan fingerprint density at radius 3 is 2.60 bits per heavy atom. The van der Waals surface area contributed by atoms with Crippen molar-refractivity contribution in [2.24, 2.45) is 4.99 Å². The predicted octanol–water partition coefficient (Wildman–Crippen LogP) is 4.84. The summed E-state index contributed by atoms with van der Waals surface area (Å²) in [5.74, 6) is 0.239. The minimum absolute atomic E-state index is 0.260. The first kappa shape index (κ1) is 24.9. The van der Waals surface area contributed by atoms with Crippen molar-refractivity contribution in [3.8, 4) is 11.5 Å². The van der Waals surface area contributed by atoms with Crippen LogP contribution in [0.3, 0.4) is 0 Å². The average Bonchev–Trinajstić information content (AvgIpc) is 3.40. The molecule has 1 amide bonds. The van der Waals surface area contributed by atoms with Crippen molar-refractivity contribution >= 4 is 51.3 Å². The van der Waals surface area contributed by atoms with Gasteiger partial charge in [-0.1, -0.05) is 41.9 Å². The molecule has 10 heteroatoms. The van der Waals surface area contributed by atoms with E-state index in [4.69, 9.17) is 26.1 Å². The predicted molar refractivity (Wildman–Crippen MR) is 138 cm³/mol. The van der Waals surface area contributed by atoms with Crippen LogP contribution in [0.4, 0.5) is 0 Å². The van der Waals surface area contributed by atoms with Gasteiger partial charge >= 0.3 is 5.97 Å². The summed E-state index contributed by atoms with van der Waals surface area (Å²) in [4.78, 5) is 29.7. The normalized spacial score (nSPS) is 17.3. The monoisotopic (exact) mass is 515 g/mol. The number of amidine groups is 1. The average molecular weight is 516 g/mol. The molecule has 2 heterocycles. The Kier molecular flexibility index (Phi) is 7.00. The van der Waals surface area contributed by atoms with Crippen molar-refractivity contribution in [1.29, 1.82) is 0 Å². The van der Waals surface area contributed by atoms with Gasteiger partial charge in [-0.15, -0.1) is 0 Å². The summed E-state index contributed by atoms with van der Waals surface area (Å²) in [7, 11) is 3.12. The fourth-order valence-corrected chi connectivity index (χ4v) is 5.72. The van der Waals surface area contributed by atoms with E-state index in [1.54, 1.807) is 26.4 Å². The number of thioether (sulfide) groups is 1. The van der Waals surface area contributed by atoms with Crippen LogP contribution in [-0.2, 0) is 16.9 Å². The van der Waals surface area contributed by atoms with Crippen LogP contribution in [0, 0.1) is 6.92 Å². The summed E-state index contributed by atoms with van der Waals surface area (Å²) >= 11 is 7.71. The SMILES string of the molecule is CCC1(c2cc(OC)c(Cl)cc2OC)CSC(NC(=O)c2cc3cc(C)ccc3n2CC(=O)O)=N1. The topological polar surface area (TPSA) is 102 Å². The zero-order valence-corrected chi connectivity index (χ0v) is 21.4. The second-order valence-electron chi connectivity index (χ2n) is 8.30. The van der Waals surface area contributed by atoms with Crippen LogP contribution in [0.25, 0.3) is 10.9 Å². The van der Waals surface area contributed by atoms with Gasteiger partial charge in [-0.25, -0.2) is 4.99 Å². The maximum Gasteiger partial charge on any atom is 0.323 e. The quantitative estimate of drug-likeness (QED) is 0.466. The number of aliphatic carboxylic acids is 1. The smallest absolute Gasteiger partial charge is 0.323 e. The van der Waals surface area contributed by atoms with Crippen molar-refractivity contribution in [3.63, 3.8) is 0 Å². The van der Waals surface area contributed by atoms with E-state index in [0.29, 0.717) is 39.4 Å². The molecule has 2 N–H and O–H groups in total. The number of carbonyl (C=O) groups is 2. The van der Waals surface area contributed by atoms with Crippen molar-refractivity contribution in [2.45, 2.75) is 32.4 Å². The summed E-state index contributed by atoms with van der Waals surface area (Å²) in [6.07, 6.45) is 0.652. The first-order chi connectivity index (χ1) is 16.7. The van der Waals surface area contributed by atoms with Gasteiger partial charge in [0.05, 0.1) is 19.2 Å². The second kappa shape index (κ2) is 9.83. The lowest BCUT2D eigenvalue weighted by Gasteiger charge is -2.26. The number of carboxylic acids is 1. The highest BCUT2D eigenvalue weighted by Gasteiger charge is 2.39. The minimum atomic E-state index is -1.03. The highest BCUT2D eigenvalue weighted by molar-refractivity contribution is 8.14. The van der Waals surface area contributed by atoms with Gasteiger partial charge in [0.2, 0.25) is 0 Å². The van der Waals surface area contributed by atoms with Crippen molar-refractivity contribution in [2.75, 3.05) is 20.0 Å². The summed E-state index contributed by atoms with van der Waals surface area (Å²) in [5.41, 5.74) is 2.13. The molecule has 35 heavy (non-hydrogen) atoms. The number of aliphatic imine (C=N–C) groups is 1. The fraction of sp³-hybridized carbons (Fsp3) is 0.320. The highest BCUT2D eigenvalue weighted by atomic mass is 35.5. The Bertz CT molecular complexity index is 1350. The molecule has 2 aromatic carbocycles. The number of rotatable bonds is 7. The Hall–Kier alpha value is -3.17. The van der Waals surface area contributed by atoms with E-state index in [1.807, 2.05) is 38.1 Å². The molecule has 3 aromatic rings. The molecular weight excluding hydrogens is 490 g/mol. The number of aromatic nitrogens is 1. The number of nitrogens with zero attached hydrogens (tertiary/aromatic N) is 2. The zero-order chi connectivity index (χ0) is 25.3. The maximum atomic E-state index is 13.3. The molecule has 0 saturated carbocycles. The Labute approximate surface area is 212 Å². The lowest BCUT2D eigenvalue weighted by Crippen LogP contribution is -2.30. The van der Waals surface area contributed by atoms with E-state index >= 15 is 0 Å². The molecule has 1 atom stereocenters. The number of nitrogens with one attached hydrogen (secondary N) is 1. The number of aryl methyl sites for hydroxylation is 1. The largest absolute Gasteiger partial charge is 0.496 e. The van der Waals surface area contributed by atoms with Gasteiger partial charge in [0.25, 0.3) is 5.91 Å². The van der Waals surface area contributed by atoms with Gasteiger partial charge in [-0.05, 0) is 37.6 Å². The van der Waals surface area contributed by atoms with E-state index in [1.165, 1.54) is 16.3 Å². The number of hydrogen-bond donors (Lipinski definition) is 2. The zero-order valence-electron chi connectivity index (χ0n) is 19.8. The first-order valence-electron chi connectivity index (χ1n) is 11.0. The third-order valence-electron chi connectivity index (χ3n) is 6.13. The van der Waals surface area contributed by atoms with Crippen LogP contribution in [-0.4, -0.2) is 46.7 Å². The van der Waals surface area contributed by atoms with E-state index in [2.05, 4.69) is 5.32 Å². The van der Waals surface area contributed by atoms with Gasteiger partial charge < -0.3 is 19.1 Å². The number of carboxylic acid groups (broad SMARTS) is 1. The molecule has 8 nitrogen and oxygen atoms in total. The number of ether oxygens (including phenoxy) is 2. The van der Waals surface area contributed by atoms with Crippen molar-refractivity contribution < 1.29 is 24.2 Å². The van der Waals surface area contributed by atoms with Crippen LogP contribution >= 0.6 is 23.4 Å². The van der Waals surface area contributed by atoms with Crippen LogP contribution < -0.4 is 14.8 Å². The standard InChI is InChI=1S/C25H26ClN3O5S/c1-5-25(16-10-21(34-4)17(26)11-20(16)33-3)13-35-24(28-25)27-23(32)19-9-15-8-14(2)6-7-18(15)29(19)12-22(30)31/h6-11H,5,12-13H2,1-4H3,(H,30,31)(H,27,28,32). The molecule has 184 valence electrons. The van der Waals surface area contributed by atoms with E-state index < -0.39 is 17.4 Å². The van der Waals surface area contributed by atoms with Gasteiger partial charge in [0, 0.05) is 28.3 Å². The van der Waals surface area contributed by atoms with E-state index in [9.17, 15) is 14.7 Å². The molecule has 0 radical (unpaired) electrons. The number of methoxy groups -OCH3 is 2. The Morgan fingerprint density at radius 1 is 1.20 bits per heavy atom. The second-order valence-corrected chi connectivity index (χ2v) is 9.67. The molecule has 1 aliphatic heterocycles. The number of amides is 1. The molecule has 1 aromatic heterocycles. The molecule has 1 unspecified atom stereocenters. The van der Waals surface area contributed by atoms with Crippen molar-refractivity contribution in [1.82, 2.24) is 9.88 Å². The summed E-state index contributed by atoms with van der Waals surface area (Å²) in [6.45, 7) is 3.64. The summed E-state index contributed by atoms with van der Waals surface area (Å²) in [6, 6.07) is 10.9. The van der Waals surface area contributed by atoms with Crippen LogP contribution in [0.15, 0.2) is 41.4 Å². The first-order valence-corrected chi connectivity index (χ1v) is 12.4. The highest BCUT2D eigenvalue weighted by Crippen LogP contribution is 2.46. The van der Waals surface area contributed by atoms with E-state index in [-0.39, 0.29) is 12.2 Å². The minimum Gasteiger partial charge on any atom is -0.496 e. The van der Waals surface area contributed by atoms with Gasteiger partial charge in [0.1, 0.15) is 29.3 Å². The molecule has 0 fully saturated rings. The Balaban J connectivity index is 1.70. The van der Waals surface area contributed by atoms with Crippen molar-refractivity contribution in [3.05, 3.63) is 58.2 Å². The van der Waals surface area contributed by atoms with Gasteiger partial charge in [-0.2, -0.15) is 0 Å². The number of halogens is 1. The van der Waals surface area contributed by atoms with Crippen LogP contribution in [0.2, 0.25) is 5.02 Å². The maximum absolute atomic E-state index is 13.3. The number of benzene rings is 2. The molecule has 4 rings (SSSR count). The molecule has 0 saturated heterocycles. The third kappa shape index (κ3) is 4.70. The number of hydrogen-bond acceptors (Lipinski definition) is 6. The molecular formula is C25H26ClN3O5S. The number of fused-ring (bicyclic) bond motifs is 1. The summed E-state index contributed by atoms with van der Waals surface area (Å²) < 4.78 is 12.5. The fourth-order valence-electron chi connectivity index (χ4n) is 4.29. The molecule has 0 aliphatic carbocycles. The number of carbonyl (C=O) groups excluding carboxylic acids is 1. The molecule has 0 spiro atoms. The lowest BCUT2D eigenvalue weighted by molar-refractivity contribution is -0.137. The lowest BCUT2D eigenvalue weighted by atomic mass is 9.89. The van der Waals surface area contributed by atoms with Gasteiger partial charge in [0.15, 0.2) is 5.17 Å². The Morgan fingerprint density at radius 2 is 1.94 bits per heavy atom. The van der Waals surface area contributed by atoms with Crippen LogP contribution in [0.5, 0.6) is 11.5 Å². The van der Waals surface area contributed by atoms with Crippen LogP contribution in [0.1, 0.15) is 35.0 Å². The molecule has 1 aliphatic rings. The summed E-state index contributed by atoms with van der Waals surface area (Å²) in [5, 5.41) is 14.0. The molecule has 0 bridgehead atoms.